The lowest BCUT2D eigenvalue weighted by Crippen LogP contribution is -2.24. The van der Waals surface area contributed by atoms with Gasteiger partial charge in [0, 0.05) is 12.7 Å². The minimum Gasteiger partial charge on any atom is -0.478 e. The molecule has 0 saturated heterocycles. The Labute approximate surface area is 134 Å². The number of rotatable bonds is 3. The van der Waals surface area contributed by atoms with E-state index in [0.717, 1.165) is 31.4 Å². The van der Waals surface area contributed by atoms with Gasteiger partial charge in [-0.25, -0.2) is 4.98 Å². The first-order valence-corrected chi connectivity index (χ1v) is 8.02. The van der Waals surface area contributed by atoms with E-state index in [9.17, 15) is 4.79 Å². The molecular weight excluding hydrogens is 288 g/mol. The average Bonchev–Trinajstić information content (AvgIpc) is 2.63. The molecule has 3 aromatic rings. The molecule has 0 amide bonds. The molecule has 4 heteroatoms. The molecule has 2 aromatic heterocycles. The van der Waals surface area contributed by atoms with Crippen LogP contribution in [0.3, 0.4) is 0 Å². The quantitative estimate of drug-likeness (QED) is 0.747. The lowest BCUT2D eigenvalue weighted by Gasteiger charge is -2.23. The van der Waals surface area contributed by atoms with Crippen molar-refractivity contribution in [1.29, 1.82) is 0 Å². The van der Waals surface area contributed by atoms with Crippen LogP contribution in [0.4, 0.5) is 0 Å². The summed E-state index contributed by atoms with van der Waals surface area (Å²) < 4.78 is 7.92. The van der Waals surface area contributed by atoms with Crippen LogP contribution in [-0.2, 0) is 19.4 Å². The van der Waals surface area contributed by atoms with Crippen LogP contribution in [0, 0.1) is 0 Å². The van der Waals surface area contributed by atoms with Crippen LogP contribution in [0.15, 0.2) is 53.5 Å². The third kappa shape index (κ3) is 2.50. The summed E-state index contributed by atoms with van der Waals surface area (Å²) in [4.78, 5) is 17.1. The van der Waals surface area contributed by atoms with Gasteiger partial charge in [0.25, 0.3) is 0 Å². The van der Waals surface area contributed by atoms with Crippen molar-refractivity contribution in [3.63, 3.8) is 0 Å². The van der Waals surface area contributed by atoms with Gasteiger partial charge >= 0.3 is 0 Å². The molecule has 3 heterocycles. The van der Waals surface area contributed by atoms with E-state index in [0.29, 0.717) is 23.5 Å². The van der Waals surface area contributed by atoms with Gasteiger partial charge in [0.05, 0.1) is 17.6 Å². The maximum absolute atomic E-state index is 12.7. The molecule has 0 unspecified atom stereocenters. The molecule has 116 valence electrons. The molecule has 23 heavy (non-hydrogen) atoms. The normalized spacial score (nSPS) is 13.6. The third-order valence-corrected chi connectivity index (χ3v) is 4.34. The SMILES string of the molecule is O=c1c2c(n(CCc3ccccc3)c3ncccc13)OCCC2. The van der Waals surface area contributed by atoms with E-state index in [1.807, 2.05) is 30.3 Å². The fraction of sp³-hybridized carbons (Fsp3) is 0.263. The first-order chi connectivity index (χ1) is 11.3. The lowest BCUT2D eigenvalue weighted by atomic mass is 10.1. The molecule has 0 spiro atoms. The van der Waals surface area contributed by atoms with E-state index >= 15 is 0 Å². The molecule has 4 rings (SSSR count). The number of benzene rings is 1. The number of aryl methyl sites for hydroxylation is 2. The highest BCUT2D eigenvalue weighted by Crippen LogP contribution is 2.26. The van der Waals surface area contributed by atoms with Crippen LogP contribution in [0.1, 0.15) is 17.5 Å². The highest BCUT2D eigenvalue weighted by atomic mass is 16.5. The number of hydrogen-bond donors (Lipinski definition) is 0. The Morgan fingerprint density at radius 2 is 2.00 bits per heavy atom. The van der Waals surface area contributed by atoms with E-state index in [-0.39, 0.29) is 5.43 Å². The van der Waals surface area contributed by atoms with Crippen molar-refractivity contribution in [2.75, 3.05) is 6.61 Å². The van der Waals surface area contributed by atoms with Gasteiger partial charge < -0.3 is 4.74 Å². The maximum Gasteiger partial charge on any atom is 0.202 e. The fourth-order valence-electron chi connectivity index (χ4n) is 3.20. The van der Waals surface area contributed by atoms with Crippen molar-refractivity contribution in [3.05, 3.63) is 70.0 Å². The van der Waals surface area contributed by atoms with Crippen molar-refractivity contribution < 1.29 is 4.74 Å². The largest absolute Gasteiger partial charge is 0.478 e. The van der Waals surface area contributed by atoms with Gasteiger partial charge in [-0.3, -0.25) is 9.36 Å². The number of ether oxygens (including phenoxy) is 1. The van der Waals surface area contributed by atoms with Gasteiger partial charge in [-0.05, 0) is 37.0 Å². The van der Waals surface area contributed by atoms with Crippen LogP contribution in [0.2, 0.25) is 0 Å². The molecule has 0 N–H and O–H groups in total. The van der Waals surface area contributed by atoms with E-state index in [2.05, 4.69) is 21.7 Å². The van der Waals surface area contributed by atoms with Crippen molar-refractivity contribution >= 4 is 11.0 Å². The Kier molecular flexibility index (Phi) is 3.58. The highest BCUT2D eigenvalue weighted by Gasteiger charge is 2.21. The number of hydrogen-bond acceptors (Lipinski definition) is 3. The topological polar surface area (TPSA) is 44.1 Å². The van der Waals surface area contributed by atoms with Crippen LogP contribution in [0.5, 0.6) is 5.88 Å². The molecule has 1 aliphatic rings. The van der Waals surface area contributed by atoms with Gasteiger partial charge in [-0.15, -0.1) is 0 Å². The summed E-state index contributed by atoms with van der Waals surface area (Å²) in [5, 5.41) is 0.685. The first kappa shape index (κ1) is 14.0. The second kappa shape index (κ2) is 5.88. The van der Waals surface area contributed by atoms with Crippen LogP contribution in [0.25, 0.3) is 11.0 Å². The number of fused-ring (bicyclic) bond motifs is 2. The van der Waals surface area contributed by atoms with Crippen molar-refractivity contribution in [1.82, 2.24) is 9.55 Å². The van der Waals surface area contributed by atoms with Gasteiger partial charge in [-0.2, -0.15) is 0 Å². The van der Waals surface area contributed by atoms with Crippen molar-refractivity contribution in [2.45, 2.75) is 25.8 Å². The summed E-state index contributed by atoms with van der Waals surface area (Å²) in [5.41, 5.74) is 2.84. The molecule has 1 aliphatic heterocycles. The maximum atomic E-state index is 12.7. The van der Waals surface area contributed by atoms with Gasteiger partial charge in [0.2, 0.25) is 5.88 Å². The summed E-state index contributed by atoms with van der Waals surface area (Å²) in [6.45, 7) is 1.41. The second-order valence-electron chi connectivity index (χ2n) is 5.83. The minimum atomic E-state index is 0.0683. The number of aromatic nitrogens is 2. The molecule has 0 bridgehead atoms. The Hall–Kier alpha value is -2.62. The highest BCUT2D eigenvalue weighted by molar-refractivity contribution is 5.77. The first-order valence-electron chi connectivity index (χ1n) is 8.02. The van der Waals surface area contributed by atoms with E-state index < -0.39 is 0 Å². The number of nitrogens with zero attached hydrogens (tertiary/aromatic N) is 2. The Bertz CT molecular complexity index is 900. The standard InChI is InChI=1S/C19H18N2O2/c22-17-15-8-4-11-20-18(15)21(19-16(17)9-5-13-23-19)12-10-14-6-2-1-3-7-14/h1-4,6-8,11H,5,9-10,12-13H2. The van der Waals surface area contributed by atoms with Crippen molar-refractivity contribution in [2.24, 2.45) is 0 Å². The van der Waals surface area contributed by atoms with E-state index in [1.54, 1.807) is 6.20 Å². The molecule has 0 fully saturated rings. The molecule has 0 radical (unpaired) electrons. The molecule has 1 aromatic carbocycles. The Morgan fingerprint density at radius 3 is 2.87 bits per heavy atom. The zero-order chi connectivity index (χ0) is 15.6. The summed E-state index contributed by atoms with van der Waals surface area (Å²) in [7, 11) is 0. The minimum absolute atomic E-state index is 0.0683. The average molecular weight is 306 g/mol. The van der Waals surface area contributed by atoms with Gasteiger partial charge in [0.1, 0.15) is 5.65 Å². The van der Waals surface area contributed by atoms with Crippen molar-refractivity contribution in [3.8, 4) is 5.88 Å². The zero-order valence-electron chi connectivity index (χ0n) is 12.9. The third-order valence-electron chi connectivity index (χ3n) is 4.34. The van der Waals surface area contributed by atoms with Gasteiger partial charge in [-0.1, -0.05) is 30.3 Å². The van der Waals surface area contributed by atoms with Crippen LogP contribution < -0.4 is 10.2 Å². The zero-order valence-corrected chi connectivity index (χ0v) is 12.9. The molecule has 4 nitrogen and oxygen atoms in total. The van der Waals surface area contributed by atoms with E-state index in [4.69, 9.17) is 4.74 Å². The predicted molar refractivity (Wildman–Crippen MR) is 90.0 cm³/mol. The monoisotopic (exact) mass is 306 g/mol. The summed E-state index contributed by atoms with van der Waals surface area (Å²) in [6.07, 6.45) is 4.29. The lowest BCUT2D eigenvalue weighted by molar-refractivity contribution is 0.260. The molecule has 0 atom stereocenters. The van der Waals surface area contributed by atoms with Gasteiger partial charge in [0.15, 0.2) is 5.43 Å². The predicted octanol–water partition coefficient (Wildman–Crippen LogP) is 2.96. The molecule has 0 saturated carbocycles. The fourth-order valence-corrected chi connectivity index (χ4v) is 3.20. The van der Waals surface area contributed by atoms with Crippen LogP contribution >= 0.6 is 0 Å². The van der Waals surface area contributed by atoms with Crippen LogP contribution in [-0.4, -0.2) is 16.2 Å². The Balaban J connectivity index is 1.84. The number of pyridine rings is 2. The molecule has 0 aliphatic carbocycles. The second-order valence-corrected chi connectivity index (χ2v) is 5.83. The summed E-state index contributed by atoms with van der Waals surface area (Å²) >= 11 is 0. The molecular formula is C19H18N2O2. The van der Waals surface area contributed by atoms with E-state index in [1.165, 1.54) is 5.56 Å². The summed E-state index contributed by atoms with van der Waals surface area (Å²) in [5.74, 6) is 0.711. The Morgan fingerprint density at radius 1 is 1.13 bits per heavy atom. The summed E-state index contributed by atoms with van der Waals surface area (Å²) in [6, 6.07) is 14.0. The smallest absolute Gasteiger partial charge is 0.202 e.